The lowest BCUT2D eigenvalue weighted by Crippen LogP contribution is -2.44. The van der Waals surface area contributed by atoms with Gasteiger partial charge in [0, 0.05) is 22.7 Å². The van der Waals surface area contributed by atoms with Gasteiger partial charge in [0.05, 0.1) is 5.56 Å². The van der Waals surface area contributed by atoms with Crippen molar-refractivity contribution in [1.82, 2.24) is 15.8 Å². The minimum Gasteiger partial charge on any atom is -0.360 e. The van der Waals surface area contributed by atoms with Gasteiger partial charge < -0.3 is 4.98 Å². The SMILES string of the molecule is O=C(NNC(=O)c1ccccc1)C(=O)c1c[nH]c2ccccc12. The molecule has 3 N–H and O–H groups in total. The summed E-state index contributed by atoms with van der Waals surface area (Å²) < 4.78 is 0. The predicted octanol–water partition coefficient (Wildman–Crippen LogP) is 1.81. The zero-order valence-corrected chi connectivity index (χ0v) is 12.0. The minimum absolute atomic E-state index is 0.257. The first-order chi connectivity index (χ1) is 11.2. The standard InChI is InChI=1S/C17H13N3O3/c21-15(13-10-18-14-9-5-4-8-12(13)14)17(23)20-19-16(22)11-6-2-1-3-7-11/h1-10,18H,(H,19,22)(H,20,23). The highest BCUT2D eigenvalue weighted by molar-refractivity contribution is 6.45. The zero-order chi connectivity index (χ0) is 16.2. The van der Waals surface area contributed by atoms with E-state index < -0.39 is 17.6 Å². The summed E-state index contributed by atoms with van der Waals surface area (Å²) in [6, 6.07) is 15.5. The van der Waals surface area contributed by atoms with Crippen molar-refractivity contribution in [2.45, 2.75) is 0 Å². The smallest absolute Gasteiger partial charge is 0.310 e. The molecule has 3 rings (SSSR count). The normalized spacial score (nSPS) is 10.3. The van der Waals surface area contributed by atoms with E-state index in [4.69, 9.17) is 0 Å². The number of aromatic amines is 1. The van der Waals surface area contributed by atoms with Crippen LogP contribution in [0.5, 0.6) is 0 Å². The van der Waals surface area contributed by atoms with E-state index in [9.17, 15) is 14.4 Å². The lowest BCUT2D eigenvalue weighted by atomic mass is 10.1. The lowest BCUT2D eigenvalue weighted by Gasteiger charge is -2.06. The molecule has 1 aromatic heterocycles. The number of amides is 2. The Morgan fingerprint density at radius 2 is 1.52 bits per heavy atom. The number of carbonyl (C=O) groups excluding carboxylic acids is 3. The van der Waals surface area contributed by atoms with Gasteiger partial charge in [0.15, 0.2) is 0 Å². The topological polar surface area (TPSA) is 91.1 Å². The number of nitrogens with one attached hydrogen (secondary N) is 3. The van der Waals surface area contributed by atoms with E-state index in [0.717, 1.165) is 5.52 Å². The summed E-state index contributed by atoms with van der Waals surface area (Å²) in [6.45, 7) is 0. The maximum atomic E-state index is 12.2. The first-order valence-electron chi connectivity index (χ1n) is 6.93. The summed E-state index contributed by atoms with van der Waals surface area (Å²) in [6.07, 6.45) is 1.48. The van der Waals surface area contributed by atoms with Gasteiger partial charge in [0.1, 0.15) is 0 Å². The van der Waals surface area contributed by atoms with Crippen LogP contribution in [0.1, 0.15) is 20.7 Å². The van der Waals surface area contributed by atoms with Crippen LogP contribution < -0.4 is 10.9 Å². The number of hydrogen-bond acceptors (Lipinski definition) is 3. The molecule has 0 saturated carbocycles. The molecule has 114 valence electrons. The van der Waals surface area contributed by atoms with Crippen LogP contribution in [0.4, 0.5) is 0 Å². The van der Waals surface area contributed by atoms with E-state index in [1.165, 1.54) is 6.20 Å². The number of Topliss-reactive ketones (excluding diaryl/α,β-unsaturated/α-hetero) is 1. The number of para-hydroxylation sites is 1. The highest BCUT2D eigenvalue weighted by Crippen LogP contribution is 2.17. The van der Waals surface area contributed by atoms with Crippen LogP contribution in [-0.4, -0.2) is 22.6 Å². The second-order valence-corrected chi connectivity index (χ2v) is 4.85. The van der Waals surface area contributed by atoms with Crippen molar-refractivity contribution < 1.29 is 14.4 Å². The molecule has 0 aliphatic heterocycles. The number of aromatic nitrogens is 1. The van der Waals surface area contributed by atoms with Gasteiger partial charge in [-0.05, 0) is 18.2 Å². The molecule has 3 aromatic rings. The molecular formula is C17H13N3O3. The molecule has 23 heavy (non-hydrogen) atoms. The molecule has 0 bridgehead atoms. The van der Waals surface area contributed by atoms with Gasteiger partial charge in [-0.2, -0.15) is 0 Å². The monoisotopic (exact) mass is 307 g/mol. The zero-order valence-electron chi connectivity index (χ0n) is 12.0. The Morgan fingerprint density at radius 3 is 2.30 bits per heavy atom. The highest BCUT2D eigenvalue weighted by atomic mass is 16.2. The first-order valence-corrected chi connectivity index (χ1v) is 6.93. The summed E-state index contributed by atoms with van der Waals surface area (Å²) in [5, 5.41) is 0.655. The molecule has 0 fully saturated rings. The number of benzene rings is 2. The first kappa shape index (κ1) is 14.5. The number of hydrazine groups is 1. The molecule has 0 saturated heterocycles. The second kappa shape index (κ2) is 6.15. The third-order valence-electron chi connectivity index (χ3n) is 3.37. The summed E-state index contributed by atoms with van der Waals surface area (Å²) in [4.78, 5) is 38.9. The van der Waals surface area contributed by atoms with Gasteiger partial charge in [-0.25, -0.2) is 0 Å². The molecule has 0 aliphatic rings. The maximum absolute atomic E-state index is 12.2. The molecule has 0 unspecified atom stereocenters. The lowest BCUT2D eigenvalue weighted by molar-refractivity contribution is -0.117. The number of rotatable bonds is 3. The van der Waals surface area contributed by atoms with Crippen molar-refractivity contribution in [3.8, 4) is 0 Å². The highest BCUT2D eigenvalue weighted by Gasteiger charge is 2.20. The molecular weight excluding hydrogens is 294 g/mol. The number of hydrogen-bond donors (Lipinski definition) is 3. The fourth-order valence-corrected chi connectivity index (χ4v) is 2.21. The number of carbonyl (C=O) groups is 3. The van der Waals surface area contributed by atoms with Crippen LogP contribution in [0, 0.1) is 0 Å². The van der Waals surface area contributed by atoms with Crippen molar-refractivity contribution in [1.29, 1.82) is 0 Å². The van der Waals surface area contributed by atoms with Crippen molar-refractivity contribution >= 4 is 28.5 Å². The Kier molecular flexibility index (Phi) is 3.88. The second-order valence-electron chi connectivity index (χ2n) is 4.85. The van der Waals surface area contributed by atoms with Crippen molar-refractivity contribution in [3.05, 3.63) is 71.9 Å². The van der Waals surface area contributed by atoms with Crippen LogP contribution in [0.25, 0.3) is 10.9 Å². The average molecular weight is 307 g/mol. The molecule has 0 atom stereocenters. The molecule has 2 amide bonds. The number of H-pyrrole nitrogens is 1. The van der Waals surface area contributed by atoms with Crippen LogP contribution >= 0.6 is 0 Å². The van der Waals surface area contributed by atoms with Crippen LogP contribution in [0.15, 0.2) is 60.8 Å². The van der Waals surface area contributed by atoms with Gasteiger partial charge in [-0.3, -0.25) is 25.2 Å². The number of fused-ring (bicyclic) bond motifs is 1. The number of ketones is 1. The molecule has 6 nitrogen and oxygen atoms in total. The molecule has 0 spiro atoms. The molecule has 1 heterocycles. The fourth-order valence-electron chi connectivity index (χ4n) is 2.21. The Morgan fingerprint density at radius 1 is 0.826 bits per heavy atom. The van der Waals surface area contributed by atoms with E-state index in [2.05, 4.69) is 15.8 Å². The quantitative estimate of drug-likeness (QED) is 0.391. The van der Waals surface area contributed by atoms with Gasteiger partial charge in [0.2, 0.25) is 0 Å². The van der Waals surface area contributed by atoms with Crippen molar-refractivity contribution in [2.24, 2.45) is 0 Å². The van der Waals surface area contributed by atoms with E-state index >= 15 is 0 Å². The Labute approximate surface area is 131 Å². The third kappa shape index (κ3) is 2.96. The van der Waals surface area contributed by atoms with E-state index in [1.807, 2.05) is 6.07 Å². The van der Waals surface area contributed by atoms with Gasteiger partial charge in [-0.1, -0.05) is 36.4 Å². The molecule has 0 radical (unpaired) electrons. The molecule has 2 aromatic carbocycles. The van der Waals surface area contributed by atoms with Crippen LogP contribution in [0.3, 0.4) is 0 Å². The third-order valence-corrected chi connectivity index (χ3v) is 3.37. The van der Waals surface area contributed by atoms with Crippen LogP contribution in [0.2, 0.25) is 0 Å². The minimum atomic E-state index is -0.904. The Hall–Kier alpha value is -3.41. The average Bonchev–Trinajstić information content (AvgIpc) is 3.03. The van der Waals surface area contributed by atoms with Crippen molar-refractivity contribution in [3.63, 3.8) is 0 Å². The fraction of sp³-hybridized carbons (Fsp3) is 0. The molecule has 0 aliphatic carbocycles. The largest absolute Gasteiger partial charge is 0.360 e. The van der Waals surface area contributed by atoms with Crippen molar-refractivity contribution in [2.75, 3.05) is 0 Å². The van der Waals surface area contributed by atoms with E-state index in [-0.39, 0.29) is 5.56 Å². The Bertz CT molecular complexity index is 884. The van der Waals surface area contributed by atoms with E-state index in [1.54, 1.807) is 48.5 Å². The molecule has 6 heteroatoms. The Balaban J connectivity index is 1.69. The maximum Gasteiger partial charge on any atom is 0.310 e. The van der Waals surface area contributed by atoms with Gasteiger partial charge in [0.25, 0.3) is 11.7 Å². The van der Waals surface area contributed by atoms with E-state index in [0.29, 0.717) is 10.9 Å². The summed E-state index contributed by atoms with van der Waals surface area (Å²) in [5.74, 6) is -2.12. The summed E-state index contributed by atoms with van der Waals surface area (Å²) in [7, 11) is 0. The summed E-state index contributed by atoms with van der Waals surface area (Å²) >= 11 is 0. The predicted molar refractivity (Wildman–Crippen MR) is 84.7 cm³/mol. The van der Waals surface area contributed by atoms with Gasteiger partial charge in [-0.15, -0.1) is 0 Å². The van der Waals surface area contributed by atoms with Gasteiger partial charge >= 0.3 is 5.91 Å². The summed E-state index contributed by atoms with van der Waals surface area (Å²) in [5.41, 5.74) is 5.75. The van der Waals surface area contributed by atoms with Crippen LogP contribution in [-0.2, 0) is 4.79 Å².